The quantitative estimate of drug-likeness (QED) is 0.419. The monoisotopic (exact) mass is 422 g/mol. The van der Waals surface area contributed by atoms with Gasteiger partial charge in [-0.3, -0.25) is 19.2 Å². The molecule has 0 aliphatic heterocycles. The Labute approximate surface area is 142 Å². The van der Waals surface area contributed by atoms with Gasteiger partial charge in [0, 0.05) is 20.1 Å². The summed E-state index contributed by atoms with van der Waals surface area (Å²) < 4.78 is 1.46. The first kappa shape index (κ1) is 16.5. The SMILES string of the molecule is O=C(C(=O)C(=O)c1ccc(Br)cc1)C(=O)c1ccc(Br)cc1. The fraction of sp³-hybridized carbons (Fsp3) is 0. The fourth-order valence-electron chi connectivity index (χ4n) is 1.67. The molecule has 4 nitrogen and oxygen atoms in total. The molecular formula is C16H8Br2O4. The van der Waals surface area contributed by atoms with Crippen molar-refractivity contribution in [2.75, 3.05) is 0 Å². The minimum Gasteiger partial charge on any atom is -0.285 e. The lowest BCUT2D eigenvalue weighted by Gasteiger charge is -2.01. The molecule has 2 aromatic carbocycles. The number of halogens is 2. The molecule has 2 aromatic rings. The summed E-state index contributed by atoms with van der Waals surface area (Å²) in [5, 5.41) is 0. The van der Waals surface area contributed by atoms with Crippen LogP contribution < -0.4 is 0 Å². The standard InChI is InChI=1S/C16H8Br2O4/c17-11-5-1-9(2-6-11)13(19)15(21)16(22)14(20)10-3-7-12(18)8-4-10/h1-8H. The smallest absolute Gasteiger partial charge is 0.277 e. The maximum Gasteiger partial charge on any atom is 0.277 e. The Kier molecular flexibility index (Phi) is 5.15. The summed E-state index contributed by atoms with van der Waals surface area (Å²) in [7, 11) is 0. The van der Waals surface area contributed by atoms with E-state index in [4.69, 9.17) is 0 Å². The van der Waals surface area contributed by atoms with Crippen LogP contribution in [0.3, 0.4) is 0 Å². The van der Waals surface area contributed by atoms with Gasteiger partial charge < -0.3 is 0 Å². The normalized spacial score (nSPS) is 10.1. The fourth-order valence-corrected chi connectivity index (χ4v) is 2.20. The van der Waals surface area contributed by atoms with E-state index in [0.29, 0.717) is 0 Å². The Morgan fingerprint density at radius 1 is 0.545 bits per heavy atom. The number of carbonyl (C=O) groups is 4. The molecule has 0 aliphatic rings. The largest absolute Gasteiger partial charge is 0.285 e. The molecule has 0 spiro atoms. The molecule has 2 rings (SSSR count). The third-order valence-corrected chi connectivity index (χ3v) is 3.89. The molecule has 0 amide bonds. The van der Waals surface area contributed by atoms with Gasteiger partial charge in [0.05, 0.1) is 0 Å². The van der Waals surface area contributed by atoms with Gasteiger partial charge in [0.1, 0.15) is 0 Å². The Balaban J connectivity index is 2.19. The van der Waals surface area contributed by atoms with Crippen molar-refractivity contribution in [3.63, 3.8) is 0 Å². The number of benzene rings is 2. The van der Waals surface area contributed by atoms with Crippen LogP contribution in [-0.4, -0.2) is 23.1 Å². The van der Waals surface area contributed by atoms with Crippen molar-refractivity contribution in [2.45, 2.75) is 0 Å². The predicted molar refractivity (Wildman–Crippen MR) is 87.0 cm³/mol. The van der Waals surface area contributed by atoms with E-state index in [-0.39, 0.29) is 11.1 Å². The lowest BCUT2D eigenvalue weighted by atomic mass is 9.99. The van der Waals surface area contributed by atoms with Crippen molar-refractivity contribution in [3.05, 3.63) is 68.6 Å². The molecule has 110 valence electrons. The molecular weight excluding hydrogens is 416 g/mol. The third kappa shape index (κ3) is 3.64. The topological polar surface area (TPSA) is 68.3 Å². The highest BCUT2D eigenvalue weighted by molar-refractivity contribution is 9.10. The summed E-state index contributed by atoms with van der Waals surface area (Å²) >= 11 is 6.40. The maximum absolute atomic E-state index is 11.9. The lowest BCUT2D eigenvalue weighted by molar-refractivity contribution is -0.131. The van der Waals surface area contributed by atoms with Gasteiger partial charge in [0.2, 0.25) is 11.6 Å². The average Bonchev–Trinajstić information content (AvgIpc) is 2.53. The van der Waals surface area contributed by atoms with Gasteiger partial charge in [-0.15, -0.1) is 0 Å². The number of ketones is 4. The molecule has 0 radical (unpaired) electrons. The second-order valence-corrected chi connectivity index (χ2v) is 6.16. The van der Waals surface area contributed by atoms with E-state index in [1.807, 2.05) is 0 Å². The summed E-state index contributed by atoms with van der Waals surface area (Å²) in [6.07, 6.45) is 0. The first-order valence-corrected chi connectivity index (χ1v) is 7.67. The van der Waals surface area contributed by atoms with Gasteiger partial charge in [0.15, 0.2) is 0 Å². The van der Waals surface area contributed by atoms with E-state index in [1.54, 1.807) is 24.3 Å². The van der Waals surface area contributed by atoms with Crippen LogP contribution in [0.5, 0.6) is 0 Å². The maximum atomic E-state index is 11.9. The van der Waals surface area contributed by atoms with Crippen molar-refractivity contribution in [2.24, 2.45) is 0 Å². The number of hydrogen-bond acceptors (Lipinski definition) is 4. The van der Waals surface area contributed by atoms with Crippen LogP contribution in [0.1, 0.15) is 20.7 Å². The molecule has 22 heavy (non-hydrogen) atoms. The summed E-state index contributed by atoms with van der Waals surface area (Å²) in [6, 6.07) is 11.9. The van der Waals surface area contributed by atoms with Crippen molar-refractivity contribution in [3.8, 4) is 0 Å². The Morgan fingerprint density at radius 3 is 1.09 bits per heavy atom. The van der Waals surface area contributed by atoms with Gasteiger partial charge in [-0.2, -0.15) is 0 Å². The van der Waals surface area contributed by atoms with Crippen LogP contribution >= 0.6 is 31.9 Å². The number of Topliss-reactive ketones (excluding diaryl/α,β-unsaturated/α-hetero) is 4. The van der Waals surface area contributed by atoms with Crippen molar-refractivity contribution in [1.29, 1.82) is 0 Å². The second kappa shape index (κ2) is 6.89. The highest BCUT2D eigenvalue weighted by Gasteiger charge is 2.30. The highest BCUT2D eigenvalue weighted by atomic mass is 79.9. The van der Waals surface area contributed by atoms with Crippen LogP contribution in [0.4, 0.5) is 0 Å². The highest BCUT2D eigenvalue weighted by Crippen LogP contribution is 2.13. The van der Waals surface area contributed by atoms with Gasteiger partial charge in [-0.1, -0.05) is 31.9 Å². The molecule has 0 aromatic heterocycles. The summed E-state index contributed by atoms with van der Waals surface area (Å²) in [5.74, 6) is -4.67. The summed E-state index contributed by atoms with van der Waals surface area (Å²) in [4.78, 5) is 47.6. The second-order valence-electron chi connectivity index (χ2n) is 4.33. The molecule has 0 saturated heterocycles. The van der Waals surface area contributed by atoms with Crippen molar-refractivity contribution < 1.29 is 19.2 Å². The molecule has 0 atom stereocenters. The number of rotatable bonds is 5. The number of hydrogen-bond donors (Lipinski definition) is 0. The van der Waals surface area contributed by atoms with Gasteiger partial charge in [-0.05, 0) is 48.5 Å². The van der Waals surface area contributed by atoms with E-state index < -0.39 is 23.1 Å². The van der Waals surface area contributed by atoms with Crippen LogP contribution in [0.2, 0.25) is 0 Å². The van der Waals surface area contributed by atoms with Crippen molar-refractivity contribution in [1.82, 2.24) is 0 Å². The zero-order valence-corrected chi connectivity index (χ0v) is 14.2. The Bertz CT molecular complexity index is 694. The van der Waals surface area contributed by atoms with Crippen molar-refractivity contribution >= 4 is 55.0 Å². The van der Waals surface area contributed by atoms with E-state index in [0.717, 1.165) is 8.95 Å². The van der Waals surface area contributed by atoms with Gasteiger partial charge >= 0.3 is 0 Å². The van der Waals surface area contributed by atoms with Gasteiger partial charge in [0.25, 0.3) is 11.6 Å². The molecule has 0 aliphatic carbocycles. The number of carbonyl (C=O) groups excluding carboxylic acids is 4. The molecule has 0 saturated carbocycles. The minimum atomic E-state index is -1.34. The van der Waals surface area contributed by atoms with E-state index in [9.17, 15) is 19.2 Å². The van der Waals surface area contributed by atoms with E-state index in [2.05, 4.69) is 31.9 Å². The molecule has 0 N–H and O–H groups in total. The summed E-state index contributed by atoms with van der Waals surface area (Å²) in [5.41, 5.74) is 0.121. The van der Waals surface area contributed by atoms with E-state index >= 15 is 0 Å². The van der Waals surface area contributed by atoms with Crippen LogP contribution in [0, 0.1) is 0 Å². The zero-order valence-electron chi connectivity index (χ0n) is 11.0. The zero-order chi connectivity index (χ0) is 16.3. The molecule has 0 bridgehead atoms. The summed E-state index contributed by atoms with van der Waals surface area (Å²) in [6.45, 7) is 0. The van der Waals surface area contributed by atoms with Crippen LogP contribution in [0.25, 0.3) is 0 Å². The first-order chi connectivity index (χ1) is 10.4. The Hall–Kier alpha value is -1.92. The van der Waals surface area contributed by atoms with Gasteiger partial charge in [-0.25, -0.2) is 0 Å². The molecule has 0 fully saturated rings. The first-order valence-electron chi connectivity index (χ1n) is 6.09. The lowest BCUT2D eigenvalue weighted by Crippen LogP contribution is -2.30. The average molecular weight is 424 g/mol. The molecule has 0 unspecified atom stereocenters. The van der Waals surface area contributed by atoms with Crippen LogP contribution in [0.15, 0.2) is 57.5 Å². The predicted octanol–water partition coefficient (Wildman–Crippen LogP) is 3.42. The Morgan fingerprint density at radius 2 is 0.818 bits per heavy atom. The van der Waals surface area contributed by atoms with E-state index in [1.165, 1.54) is 24.3 Å². The minimum absolute atomic E-state index is 0.0603. The van der Waals surface area contributed by atoms with Crippen LogP contribution in [-0.2, 0) is 9.59 Å². The molecule has 0 heterocycles. The molecule has 6 heteroatoms. The third-order valence-electron chi connectivity index (χ3n) is 2.83.